The van der Waals surface area contributed by atoms with Crippen LogP contribution in [0.3, 0.4) is 0 Å². The Hall–Kier alpha value is -2.82. The van der Waals surface area contributed by atoms with Crippen LogP contribution in [0.4, 0.5) is 0 Å². The van der Waals surface area contributed by atoms with E-state index >= 15 is 0 Å². The lowest BCUT2D eigenvalue weighted by molar-refractivity contribution is 0.0699. The van der Waals surface area contributed by atoms with Crippen molar-refractivity contribution in [3.63, 3.8) is 0 Å². The summed E-state index contributed by atoms with van der Waals surface area (Å²) in [7, 11) is 0. The largest absolute Gasteiger partial charge is 0.478 e. The molecule has 1 N–H and O–H groups in total. The lowest BCUT2D eigenvalue weighted by Crippen LogP contribution is -2.02. The quantitative estimate of drug-likeness (QED) is 0.780. The molecule has 5 heteroatoms. The number of hydrogen-bond donors (Lipinski definition) is 1. The molecular formula is C16H13N3O2. The highest BCUT2D eigenvalue weighted by Gasteiger charge is 2.15. The fourth-order valence-electron chi connectivity index (χ4n) is 2.42. The molecule has 0 spiro atoms. The van der Waals surface area contributed by atoms with Gasteiger partial charge in [0.25, 0.3) is 0 Å². The van der Waals surface area contributed by atoms with Crippen molar-refractivity contribution in [1.29, 1.82) is 0 Å². The fourth-order valence-corrected chi connectivity index (χ4v) is 2.42. The van der Waals surface area contributed by atoms with Gasteiger partial charge in [0.05, 0.1) is 23.0 Å². The minimum absolute atomic E-state index is 0.229. The van der Waals surface area contributed by atoms with Gasteiger partial charge in [0, 0.05) is 17.8 Å². The molecule has 104 valence electrons. The standard InChI is InChI=1S/C16H13N3O2/c1-9-5-10(2)15-11(6-9)12(16(20)21)7-13(19-15)14-8-17-3-4-18-14/h3-8H,1-2H3,(H,20,21). The van der Waals surface area contributed by atoms with Crippen LogP contribution in [0.2, 0.25) is 0 Å². The molecule has 0 aliphatic carbocycles. The predicted molar refractivity (Wildman–Crippen MR) is 79.2 cm³/mol. The van der Waals surface area contributed by atoms with Gasteiger partial charge < -0.3 is 5.11 Å². The molecule has 0 saturated heterocycles. The predicted octanol–water partition coefficient (Wildman–Crippen LogP) is 3.01. The maximum absolute atomic E-state index is 11.6. The Kier molecular flexibility index (Phi) is 3.10. The van der Waals surface area contributed by atoms with Crippen molar-refractivity contribution in [3.8, 4) is 11.4 Å². The minimum atomic E-state index is -0.974. The summed E-state index contributed by atoms with van der Waals surface area (Å²) in [4.78, 5) is 24.3. The number of carbonyl (C=O) groups is 1. The van der Waals surface area contributed by atoms with E-state index in [0.29, 0.717) is 22.3 Å². The number of carboxylic acid groups (broad SMARTS) is 1. The minimum Gasteiger partial charge on any atom is -0.478 e. The highest BCUT2D eigenvalue weighted by Crippen LogP contribution is 2.26. The molecule has 5 nitrogen and oxygen atoms in total. The van der Waals surface area contributed by atoms with Crippen molar-refractivity contribution in [1.82, 2.24) is 15.0 Å². The number of aromatic carboxylic acids is 1. The van der Waals surface area contributed by atoms with Crippen LogP contribution in [0.1, 0.15) is 21.5 Å². The number of aryl methyl sites for hydroxylation is 2. The maximum atomic E-state index is 11.6. The third kappa shape index (κ3) is 2.33. The molecule has 0 amide bonds. The third-order valence-corrected chi connectivity index (χ3v) is 3.30. The van der Waals surface area contributed by atoms with Crippen LogP contribution in [-0.4, -0.2) is 26.0 Å². The van der Waals surface area contributed by atoms with Crippen molar-refractivity contribution < 1.29 is 9.90 Å². The summed E-state index contributed by atoms with van der Waals surface area (Å²) in [6.45, 7) is 3.86. The van der Waals surface area contributed by atoms with Crippen LogP contribution in [-0.2, 0) is 0 Å². The van der Waals surface area contributed by atoms with E-state index in [1.165, 1.54) is 0 Å². The van der Waals surface area contributed by atoms with Crippen LogP contribution >= 0.6 is 0 Å². The molecular weight excluding hydrogens is 266 g/mol. The molecule has 1 aromatic carbocycles. The van der Waals surface area contributed by atoms with Gasteiger partial charge in [-0.05, 0) is 31.5 Å². The highest BCUT2D eigenvalue weighted by atomic mass is 16.4. The monoisotopic (exact) mass is 279 g/mol. The molecule has 0 aliphatic rings. The van der Waals surface area contributed by atoms with E-state index in [2.05, 4.69) is 15.0 Å². The highest BCUT2D eigenvalue weighted by molar-refractivity contribution is 6.04. The summed E-state index contributed by atoms with van der Waals surface area (Å²) in [6.07, 6.45) is 4.70. The zero-order valence-corrected chi connectivity index (χ0v) is 11.7. The maximum Gasteiger partial charge on any atom is 0.336 e. The molecule has 0 radical (unpaired) electrons. The zero-order valence-electron chi connectivity index (χ0n) is 11.7. The molecule has 0 bridgehead atoms. The smallest absolute Gasteiger partial charge is 0.336 e. The normalized spacial score (nSPS) is 10.8. The first-order valence-electron chi connectivity index (χ1n) is 6.48. The second kappa shape index (κ2) is 4.94. The van der Waals surface area contributed by atoms with Crippen molar-refractivity contribution >= 4 is 16.9 Å². The summed E-state index contributed by atoms with van der Waals surface area (Å²) in [5.41, 5.74) is 3.94. The summed E-state index contributed by atoms with van der Waals surface area (Å²) >= 11 is 0. The fraction of sp³-hybridized carbons (Fsp3) is 0.125. The molecule has 2 aromatic heterocycles. The van der Waals surface area contributed by atoms with Crippen molar-refractivity contribution in [2.45, 2.75) is 13.8 Å². The van der Waals surface area contributed by atoms with Gasteiger partial charge in [0.1, 0.15) is 5.69 Å². The Morgan fingerprint density at radius 2 is 1.90 bits per heavy atom. The number of pyridine rings is 1. The lowest BCUT2D eigenvalue weighted by atomic mass is 10.0. The molecule has 0 atom stereocenters. The molecule has 0 unspecified atom stereocenters. The Balaban J connectivity index is 2.38. The SMILES string of the molecule is Cc1cc(C)c2nc(-c3cnccn3)cc(C(=O)O)c2c1. The van der Waals surface area contributed by atoms with Crippen molar-refractivity contribution in [2.75, 3.05) is 0 Å². The van der Waals surface area contributed by atoms with Crippen LogP contribution in [0, 0.1) is 13.8 Å². The van der Waals surface area contributed by atoms with Crippen LogP contribution < -0.4 is 0 Å². The molecule has 21 heavy (non-hydrogen) atoms. The van der Waals surface area contributed by atoms with Gasteiger partial charge in [-0.2, -0.15) is 0 Å². The van der Waals surface area contributed by atoms with Gasteiger partial charge in [0.2, 0.25) is 0 Å². The Morgan fingerprint density at radius 1 is 1.10 bits per heavy atom. The molecule has 0 fully saturated rings. The Labute approximate surface area is 121 Å². The van der Waals surface area contributed by atoms with Crippen LogP contribution in [0.5, 0.6) is 0 Å². The van der Waals surface area contributed by atoms with Gasteiger partial charge in [-0.25, -0.2) is 9.78 Å². The number of benzene rings is 1. The Morgan fingerprint density at radius 3 is 2.57 bits per heavy atom. The van der Waals surface area contributed by atoms with E-state index in [1.807, 2.05) is 26.0 Å². The topological polar surface area (TPSA) is 76.0 Å². The summed E-state index contributed by atoms with van der Waals surface area (Å²) in [5.74, 6) is -0.974. The van der Waals surface area contributed by atoms with Crippen LogP contribution in [0.15, 0.2) is 36.8 Å². The first-order chi connectivity index (χ1) is 10.1. The van der Waals surface area contributed by atoms with Gasteiger partial charge in [-0.3, -0.25) is 9.97 Å². The lowest BCUT2D eigenvalue weighted by Gasteiger charge is -2.09. The number of carboxylic acids is 1. The number of hydrogen-bond acceptors (Lipinski definition) is 4. The Bertz CT molecular complexity index is 845. The molecule has 3 aromatic rings. The number of rotatable bonds is 2. The van der Waals surface area contributed by atoms with E-state index in [-0.39, 0.29) is 5.56 Å². The molecule has 0 saturated carbocycles. The average Bonchev–Trinajstić information content (AvgIpc) is 2.47. The van der Waals surface area contributed by atoms with Crippen LogP contribution in [0.25, 0.3) is 22.3 Å². The average molecular weight is 279 g/mol. The van der Waals surface area contributed by atoms with E-state index in [0.717, 1.165) is 11.1 Å². The first kappa shape index (κ1) is 13.2. The third-order valence-electron chi connectivity index (χ3n) is 3.30. The molecule has 0 aliphatic heterocycles. The zero-order chi connectivity index (χ0) is 15.0. The van der Waals surface area contributed by atoms with E-state index < -0.39 is 5.97 Å². The summed E-state index contributed by atoms with van der Waals surface area (Å²) < 4.78 is 0. The van der Waals surface area contributed by atoms with Crippen molar-refractivity contribution in [3.05, 3.63) is 53.5 Å². The van der Waals surface area contributed by atoms with Gasteiger partial charge in [0.15, 0.2) is 0 Å². The van der Waals surface area contributed by atoms with E-state index in [9.17, 15) is 9.90 Å². The number of nitrogens with zero attached hydrogens (tertiary/aromatic N) is 3. The molecule has 3 rings (SSSR count). The van der Waals surface area contributed by atoms with Gasteiger partial charge >= 0.3 is 5.97 Å². The number of aromatic nitrogens is 3. The van der Waals surface area contributed by atoms with E-state index in [4.69, 9.17) is 0 Å². The second-order valence-electron chi connectivity index (χ2n) is 4.93. The second-order valence-corrected chi connectivity index (χ2v) is 4.93. The molecule has 2 heterocycles. The van der Waals surface area contributed by atoms with Crippen molar-refractivity contribution in [2.24, 2.45) is 0 Å². The first-order valence-corrected chi connectivity index (χ1v) is 6.48. The number of fused-ring (bicyclic) bond motifs is 1. The van der Waals surface area contributed by atoms with E-state index in [1.54, 1.807) is 24.7 Å². The summed E-state index contributed by atoms with van der Waals surface area (Å²) in [6, 6.07) is 5.38. The van der Waals surface area contributed by atoms with Gasteiger partial charge in [-0.1, -0.05) is 11.6 Å². The van der Waals surface area contributed by atoms with Gasteiger partial charge in [-0.15, -0.1) is 0 Å². The summed E-state index contributed by atoms with van der Waals surface area (Å²) in [5, 5.41) is 10.1.